The van der Waals surface area contributed by atoms with Crippen LogP contribution >= 0.6 is 0 Å². The number of primary sulfonamides is 1. The molecule has 0 saturated carbocycles. The topological polar surface area (TPSA) is 93.8 Å². The Hall–Kier alpha value is -2.38. The fraction of sp³-hybridized carbons (Fsp3) is 0.133. The maximum absolute atomic E-state index is 11.2. The van der Waals surface area contributed by atoms with Gasteiger partial charge in [0.15, 0.2) is 0 Å². The molecule has 0 aliphatic carbocycles. The molecule has 2 rings (SSSR count). The second-order valence-corrected chi connectivity index (χ2v) is 6.17. The predicted molar refractivity (Wildman–Crippen MR) is 86.6 cm³/mol. The van der Waals surface area contributed by atoms with Gasteiger partial charge in [-0.3, -0.25) is 5.43 Å². The van der Waals surface area contributed by atoms with Crippen LogP contribution < -0.4 is 15.3 Å². The molecule has 0 aromatic heterocycles. The Morgan fingerprint density at radius 1 is 1.09 bits per heavy atom. The van der Waals surface area contributed by atoms with Gasteiger partial charge in [0.05, 0.1) is 23.4 Å². The van der Waals surface area contributed by atoms with Crippen LogP contribution in [0, 0.1) is 0 Å². The summed E-state index contributed by atoms with van der Waals surface area (Å²) < 4.78 is 27.4. The van der Waals surface area contributed by atoms with E-state index in [1.807, 2.05) is 31.2 Å². The number of ether oxygens (including phenoxy) is 1. The van der Waals surface area contributed by atoms with Gasteiger partial charge < -0.3 is 4.74 Å². The number of benzene rings is 2. The fourth-order valence-electron chi connectivity index (χ4n) is 1.76. The number of rotatable bonds is 5. The molecule has 0 atom stereocenters. The number of hydrogen-bond acceptors (Lipinski definition) is 5. The SMILES string of the molecule is COc1ccc(/C(C)=N\Nc2ccc(S(N)(=O)=O)cc2)cc1. The minimum Gasteiger partial charge on any atom is -0.497 e. The van der Waals surface area contributed by atoms with E-state index in [1.165, 1.54) is 12.1 Å². The third-order valence-corrected chi connectivity index (χ3v) is 3.97. The van der Waals surface area contributed by atoms with Crippen molar-refractivity contribution >= 4 is 21.4 Å². The Labute approximate surface area is 129 Å². The molecule has 0 unspecified atom stereocenters. The van der Waals surface area contributed by atoms with E-state index in [-0.39, 0.29) is 4.90 Å². The standard InChI is InChI=1S/C15H17N3O3S/c1-11(12-3-7-14(21-2)8-4-12)17-18-13-5-9-15(10-6-13)22(16,19)20/h3-10,18H,1-2H3,(H2,16,19,20)/b17-11-. The summed E-state index contributed by atoms with van der Waals surface area (Å²) in [6, 6.07) is 13.6. The maximum Gasteiger partial charge on any atom is 0.238 e. The van der Waals surface area contributed by atoms with Gasteiger partial charge >= 0.3 is 0 Å². The van der Waals surface area contributed by atoms with Crippen LogP contribution in [0.15, 0.2) is 58.5 Å². The summed E-state index contributed by atoms with van der Waals surface area (Å²) in [4.78, 5) is 0.0638. The van der Waals surface area contributed by atoms with Gasteiger partial charge in [0.2, 0.25) is 10.0 Å². The fourth-order valence-corrected chi connectivity index (χ4v) is 2.28. The number of hydrogen-bond donors (Lipinski definition) is 2. The van der Waals surface area contributed by atoms with Crippen molar-refractivity contribution in [1.82, 2.24) is 0 Å². The van der Waals surface area contributed by atoms with E-state index in [9.17, 15) is 8.42 Å². The highest BCUT2D eigenvalue weighted by Crippen LogP contribution is 2.14. The summed E-state index contributed by atoms with van der Waals surface area (Å²) in [5.74, 6) is 0.781. The molecular weight excluding hydrogens is 302 g/mol. The van der Waals surface area contributed by atoms with Crippen molar-refractivity contribution in [1.29, 1.82) is 0 Å². The zero-order chi connectivity index (χ0) is 16.2. The summed E-state index contributed by atoms with van der Waals surface area (Å²) in [6.45, 7) is 1.87. The molecule has 0 radical (unpaired) electrons. The molecule has 0 heterocycles. The highest BCUT2D eigenvalue weighted by atomic mass is 32.2. The molecule has 7 heteroatoms. The maximum atomic E-state index is 11.2. The highest BCUT2D eigenvalue weighted by Gasteiger charge is 2.06. The molecule has 0 amide bonds. The van der Waals surface area contributed by atoms with E-state index in [4.69, 9.17) is 9.88 Å². The third kappa shape index (κ3) is 4.06. The molecule has 0 saturated heterocycles. The van der Waals surface area contributed by atoms with Gasteiger partial charge in [0, 0.05) is 0 Å². The normalized spacial score (nSPS) is 12.0. The lowest BCUT2D eigenvalue weighted by Gasteiger charge is -2.05. The van der Waals surface area contributed by atoms with Crippen LogP contribution in [0.5, 0.6) is 5.75 Å². The molecule has 2 aromatic carbocycles. The van der Waals surface area contributed by atoms with Crippen molar-refractivity contribution in [2.24, 2.45) is 10.2 Å². The first-order valence-corrected chi connectivity index (χ1v) is 8.02. The monoisotopic (exact) mass is 319 g/mol. The van der Waals surface area contributed by atoms with E-state index in [0.717, 1.165) is 17.0 Å². The van der Waals surface area contributed by atoms with Crippen molar-refractivity contribution in [2.75, 3.05) is 12.5 Å². The quantitative estimate of drug-likeness (QED) is 0.652. The number of nitrogens with zero attached hydrogens (tertiary/aromatic N) is 1. The predicted octanol–water partition coefficient (Wildman–Crippen LogP) is 2.18. The summed E-state index contributed by atoms with van der Waals surface area (Å²) >= 11 is 0. The van der Waals surface area contributed by atoms with E-state index in [2.05, 4.69) is 10.5 Å². The Balaban J connectivity index is 2.10. The van der Waals surface area contributed by atoms with Crippen LogP contribution in [0.3, 0.4) is 0 Å². The first-order valence-electron chi connectivity index (χ1n) is 6.48. The van der Waals surface area contributed by atoms with Crippen molar-refractivity contribution in [3.63, 3.8) is 0 Å². The van der Waals surface area contributed by atoms with Crippen LogP contribution in [-0.4, -0.2) is 21.2 Å². The lowest BCUT2D eigenvalue weighted by molar-refractivity contribution is 0.415. The first kappa shape index (κ1) is 16.0. The average molecular weight is 319 g/mol. The van der Waals surface area contributed by atoms with E-state index < -0.39 is 10.0 Å². The van der Waals surface area contributed by atoms with Gasteiger partial charge in [-0.1, -0.05) is 0 Å². The lowest BCUT2D eigenvalue weighted by Crippen LogP contribution is -2.11. The van der Waals surface area contributed by atoms with Gasteiger partial charge in [0.1, 0.15) is 5.75 Å². The Bertz CT molecular complexity index is 767. The van der Waals surface area contributed by atoms with Crippen LogP contribution in [0.4, 0.5) is 5.69 Å². The molecule has 22 heavy (non-hydrogen) atoms. The Morgan fingerprint density at radius 3 is 2.18 bits per heavy atom. The number of hydrazone groups is 1. The summed E-state index contributed by atoms with van der Waals surface area (Å²) in [7, 11) is -2.06. The zero-order valence-electron chi connectivity index (χ0n) is 12.3. The van der Waals surface area contributed by atoms with Gasteiger partial charge in [-0.15, -0.1) is 0 Å². The van der Waals surface area contributed by atoms with Crippen molar-refractivity contribution in [3.8, 4) is 5.75 Å². The van der Waals surface area contributed by atoms with Crippen molar-refractivity contribution in [3.05, 3.63) is 54.1 Å². The Kier molecular flexibility index (Phi) is 4.79. The van der Waals surface area contributed by atoms with E-state index in [1.54, 1.807) is 19.2 Å². The minimum absolute atomic E-state index is 0.0638. The number of anilines is 1. The van der Waals surface area contributed by atoms with Crippen LogP contribution in [0.1, 0.15) is 12.5 Å². The smallest absolute Gasteiger partial charge is 0.238 e. The molecule has 0 spiro atoms. The molecule has 0 fully saturated rings. The van der Waals surface area contributed by atoms with Crippen LogP contribution in [0.25, 0.3) is 0 Å². The largest absolute Gasteiger partial charge is 0.497 e. The van der Waals surface area contributed by atoms with Gasteiger partial charge in [-0.2, -0.15) is 5.10 Å². The molecule has 2 aromatic rings. The van der Waals surface area contributed by atoms with E-state index >= 15 is 0 Å². The van der Waals surface area contributed by atoms with Gasteiger partial charge in [-0.05, 0) is 61.0 Å². The van der Waals surface area contributed by atoms with E-state index in [0.29, 0.717) is 5.69 Å². The minimum atomic E-state index is -3.68. The molecule has 0 aliphatic rings. The third-order valence-electron chi connectivity index (χ3n) is 3.04. The molecule has 0 bridgehead atoms. The number of sulfonamides is 1. The van der Waals surface area contributed by atoms with Gasteiger partial charge in [0.25, 0.3) is 0 Å². The summed E-state index contributed by atoms with van der Waals surface area (Å²) in [5, 5.41) is 9.30. The number of methoxy groups -OCH3 is 1. The molecule has 6 nitrogen and oxygen atoms in total. The molecule has 3 N–H and O–H groups in total. The molecule has 0 aliphatic heterocycles. The average Bonchev–Trinajstić information content (AvgIpc) is 2.52. The molecular formula is C15H17N3O3S. The number of nitrogens with one attached hydrogen (secondary N) is 1. The highest BCUT2D eigenvalue weighted by molar-refractivity contribution is 7.89. The summed E-state index contributed by atoms with van der Waals surface area (Å²) in [6.07, 6.45) is 0. The van der Waals surface area contributed by atoms with Gasteiger partial charge in [-0.25, -0.2) is 13.6 Å². The second kappa shape index (κ2) is 6.59. The first-order chi connectivity index (χ1) is 10.4. The molecule has 116 valence electrons. The second-order valence-electron chi connectivity index (χ2n) is 4.61. The Morgan fingerprint density at radius 2 is 1.68 bits per heavy atom. The lowest BCUT2D eigenvalue weighted by atomic mass is 10.1. The zero-order valence-corrected chi connectivity index (χ0v) is 13.1. The van der Waals surface area contributed by atoms with Crippen LogP contribution in [-0.2, 0) is 10.0 Å². The summed E-state index contributed by atoms with van der Waals surface area (Å²) in [5.41, 5.74) is 5.28. The van der Waals surface area contributed by atoms with Crippen LogP contribution in [0.2, 0.25) is 0 Å². The number of nitrogens with two attached hydrogens (primary N) is 1. The van der Waals surface area contributed by atoms with Crippen molar-refractivity contribution in [2.45, 2.75) is 11.8 Å². The van der Waals surface area contributed by atoms with Crippen molar-refractivity contribution < 1.29 is 13.2 Å².